The predicted molar refractivity (Wildman–Crippen MR) is 86.9 cm³/mol. The van der Waals surface area contributed by atoms with Gasteiger partial charge in [0.05, 0.1) is 24.6 Å². The third-order valence-corrected chi connectivity index (χ3v) is 3.99. The first-order chi connectivity index (χ1) is 11.5. The second kappa shape index (κ2) is 8.33. The van der Waals surface area contributed by atoms with Crippen molar-refractivity contribution in [2.75, 3.05) is 13.2 Å². The zero-order valence-corrected chi connectivity index (χ0v) is 13.6. The van der Waals surface area contributed by atoms with Gasteiger partial charge in [0, 0.05) is 6.04 Å². The number of rotatable bonds is 7. The predicted octanol–water partition coefficient (Wildman–Crippen LogP) is 1.18. The molecule has 2 amide bonds. The molecule has 2 atom stereocenters. The standard InChI is InChI=1S/C17H22N2O5/c1-2-24-14-6-4-3-5-13(14)16(21)18-10-15(20)19-12-8-7-11(9-12)17(22)23/h3-6,11-12H,2,7-10H2,1H3,(H,18,21)(H,19,20)(H,22,23)/t11-,12+/m0/s1. The van der Waals surface area contributed by atoms with Gasteiger partial charge in [0.15, 0.2) is 0 Å². The minimum absolute atomic E-state index is 0.147. The van der Waals surface area contributed by atoms with Crippen molar-refractivity contribution in [3.63, 3.8) is 0 Å². The van der Waals surface area contributed by atoms with Gasteiger partial charge in [-0.15, -0.1) is 0 Å². The highest BCUT2D eigenvalue weighted by Gasteiger charge is 2.30. The summed E-state index contributed by atoms with van der Waals surface area (Å²) in [5, 5.41) is 14.3. The van der Waals surface area contributed by atoms with E-state index in [-0.39, 0.29) is 24.4 Å². The first-order valence-electron chi connectivity index (χ1n) is 8.03. The molecule has 0 radical (unpaired) electrons. The molecule has 1 aromatic rings. The van der Waals surface area contributed by atoms with Gasteiger partial charge in [-0.1, -0.05) is 12.1 Å². The second-order valence-electron chi connectivity index (χ2n) is 5.72. The highest BCUT2D eigenvalue weighted by molar-refractivity contribution is 5.98. The van der Waals surface area contributed by atoms with Crippen LogP contribution in [0.4, 0.5) is 0 Å². The van der Waals surface area contributed by atoms with Crippen molar-refractivity contribution in [3.8, 4) is 5.75 Å². The fraction of sp³-hybridized carbons (Fsp3) is 0.471. The molecule has 0 unspecified atom stereocenters. The van der Waals surface area contributed by atoms with Gasteiger partial charge in [-0.05, 0) is 38.3 Å². The van der Waals surface area contributed by atoms with E-state index in [9.17, 15) is 14.4 Å². The fourth-order valence-electron chi connectivity index (χ4n) is 2.81. The van der Waals surface area contributed by atoms with Crippen LogP contribution in [-0.4, -0.2) is 42.1 Å². The summed E-state index contributed by atoms with van der Waals surface area (Å²) >= 11 is 0. The maximum atomic E-state index is 12.2. The van der Waals surface area contributed by atoms with E-state index in [0.717, 1.165) is 0 Å². The molecule has 130 valence electrons. The molecule has 0 bridgehead atoms. The van der Waals surface area contributed by atoms with Gasteiger partial charge in [0.1, 0.15) is 5.75 Å². The fourth-order valence-corrected chi connectivity index (χ4v) is 2.81. The van der Waals surface area contributed by atoms with Crippen molar-refractivity contribution in [3.05, 3.63) is 29.8 Å². The molecule has 2 rings (SSSR count). The van der Waals surface area contributed by atoms with E-state index in [1.54, 1.807) is 24.3 Å². The third kappa shape index (κ3) is 4.71. The molecule has 0 aliphatic heterocycles. The van der Waals surface area contributed by atoms with Crippen LogP contribution in [0.5, 0.6) is 5.75 Å². The van der Waals surface area contributed by atoms with Crippen molar-refractivity contribution in [1.29, 1.82) is 0 Å². The summed E-state index contributed by atoms with van der Waals surface area (Å²) in [5.41, 5.74) is 0.374. The number of ether oxygens (including phenoxy) is 1. The summed E-state index contributed by atoms with van der Waals surface area (Å²) < 4.78 is 5.39. The molecule has 24 heavy (non-hydrogen) atoms. The van der Waals surface area contributed by atoms with Gasteiger partial charge < -0.3 is 20.5 Å². The van der Waals surface area contributed by atoms with E-state index in [1.165, 1.54) is 0 Å². The van der Waals surface area contributed by atoms with E-state index < -0.39 is 11.9 Å². The molecule has 0 spiro atoms. The van der Waals surface area contributed by atoms with E-state index in [0.29, 0.717) is 37.2 Å². The number of carbonyl (C=O) groups excluding carboxylic acids is 2. The van der Waals surface area contributed by atoms with Gasteiger partial charge >= 0.3 is 5.97 Å². The smallest absolute Gasteiger partial charge is 0.306 e. The van der Waals surface area contributed by atoms with Crippen molar-refractivity contribution >= 4 is 17.8 Å². The molecule has 1 fully saturated rings. The van der Waals surface area contributed by atoms with Crippen LogP contribution in [-0.2, 0) is 9.59 Å². The lowest BCUT2D eigenvalue weighted by molar-refractivity contribution is -0.141. The molecule has 0 aromatic heterocycles. The van der Waals surface area contributed by atoms with Crippen molar-refractivity contribution in [1.82, 2.24) is 10.6 Å². The number of carboxylic acid groups (broad SMARTS) is 1. The lowest BCUT2D eigenvalue weighted by Crippen LogP contribution is -2.41. The molecule has 1 saturated carbocycles. The van der Waals surface area contributed by atoms with Crippen LogP contribution >= 0.6 is 0 Å². The Morgan fingerprint density at radius 1 is 1.25 bits per heavy atom. The highest BCUT2D eigenvalue weighted by atomic mass is 16.5. The Balaban J connectivity index is 1.82. The number of hydrogen-bond donors (Lipinski definition) is 3. The topological polar surface area (TPSA) is 105 Å². The van der Waals surface area contributed by atoms with E-state index in [1.807, 2.05) is 6.92 Å². The van der Waals surface area contributed by atoms with Crippen LogP contribution in [0.15, 0.2) is 24.3 Å². The SMILES string of the molecule is CCOc1ccccc1C(=O)NCC(=O)N[C@@H]1CC[C@H](C(=O)O)C1. The van der Waals surface area contributed by atoms with Crippen LogP contribution in [0.2, 0.25) is 0 Å². The zero-order chi connectivity index (χ0) is 17.5. The first kappa shape index (κ1) is 17.8. The molecular formula is C17H22N2O5. The summed E-state index contributed by atoms with van der Waals surface area (Å²) in [6.07, 6.45) is 1.64. The van der Waals surface area contributed by atoms with Gasteiger partial charge in [-0.2, -0.15) is 0 Å². The number of aliphatic carboxylic acids is 1. The first-order valence-corrected chi connectivity index (χ1v) is 8.03. The Morgan fingerprint density at radius 3 is 2.67 bits per heavy atom. The molecule has 1 aliphatic carbocycles. The molecule has 3 N–H and O–H groups in total. The maximum absolute atomic E-state index is 12.2. The molecular weight excluding hydrogens is 312 g/mol. The summed E-state index contributed by atoms with van der Waals surface area (Å²) in [5.74, 6) is -1.47. The molecule has 0 saturated heterocycles. The Labute approximate surface area is 140 Å². The number of benzene rings is 1. The number of hydrogen-bond acceptors (Lipinski definition) is 4. The van der Waals surface area contributed by atoms with Crippen LogP contribution < -0.4 is 15.4 Å². The maximum Gasteiger partial charge on any atom is 0.306 e. The zero-order valence-electron chi connectivity index (χ0n) is 13.6. The number of amides is 2. The molecule has 0 heterocycles. The molecule has 7 nitrogen and oxygen atoms in total. The Hall–Kier alpha value is -2.57. The van der Waals surface area contributed by atoms with E-state index in [2.05, 4.69) is 10.6 Å². The molecule has 1 aromatic carbocycles. The summed E-state index contributed by atoms with van der Waals surface area (Å²) in [4.78, 5) is 35.0. The largest absolute Gasteiger partial charge is 0.493 e. The number of nitrogens with one attached hydrogen (secondary N) is 2. The minimum Gasteiger partial charge on any atom is -0.493 e. The summed E-state index contributed by atoms with van der Waals surface area (Å²) in [6, 6.07) is 6.68. The molecule has 7 heteroatoms. The van der Waals surface area contributed by atoms with Crippen LogP contribution in [0.1, 0.15) is 36.5 Å². The average Bonchev–Trinajstić information content (AvgIpc) is 3.02. The normalized spacial score (nSPS) is 19.5. The quantitative estimate of drug-likeness (QED) is 0.694. The number of carboxylic acids is 1. The molecule has 1 aliphatic rings. The van der Waals surface area contributed by atoms with Crippen molar-refractivity contribution in [2.24, 2.45) is 5.92 Å². The van der Waals surface area contributed by atoms with Gasteiger partial charge in [0.25, 0.3) is 5.91 Å². The summed E-state index contributed by atoms with van der Waals surface area (Å²) in [6.45, 7) is 2.11. The van der Waals surface area contributed by atoms with Gasteiger partial charge in [0.2, 0.25) is 5.91 Å². The van der Waals surface area contributed by atoms with Gasteiger partial charge in [-0.25, -0.2) is 0 Å². The second-order valence-corrected chi connectivity index (χ2v) is 5.72. The van der Waals surface area contributed by atoms with Crippen LogP contribution in [0, 0.1) is 5.92 Å². The lowest BCUT2D eigenvalue weighted by atomic mass is 10.1. The van der Waals surface area contributed by atoms with Crippen LogP contribution in [0.3, 0.4) is 0 Å². The number of carbonyl (C=O) groups is 3. The van der Waals surface area contributed by atoms with Gasteiger partial charge in [-0.3, -0.25) is 14.4 Å². The highest BCUT2D eigenvalue weighted by Crippen LogP contribution is 2.25. The average molecular weight is 334 g/mol. The summed E-state index contributed by atoms with van der Waals surface area (Å²) in [7, 11) is 0. The monoisotopic (exact) mass is 334 g/mol. The van der Waals surface area contributed by atoms with Crippen molar-refractivity contribution in [2.45, 2.75) is 32.2 Å². The van der Waals surface area contributed by atoms with Crippen molar-refractivity contribution < 1.29 is 24.2 Å². The number of para-hydroxylation sites is 1. The lowest BCUT2D eigenvalue weighted by Gasteiger charge is -2.14. The van der Waals surface area contributed by atoms with E-state index >= 15 is 0 Å². The Bertz CT molecular complexity index is 617. The Kier molecular flexibility index (Phi) is 6.17. The third-order valence-electron chi connectivity index (χ3n) is 3.99. The minimum atomic E-state index is -0.826. The van der Waals surface area contributed by atoms with Crippen LogP contribution in [0.25, 0.3) is 0 Å². The van der Waals surface area contributed by atoms with E-state index in [4.69, 9.17) is 9.84 Å². The Morgan fingerprint density at radius 2 is 2.00 bits per heavy atom.